The lowest BCUT2D eigenvalue weighted by molar-refractivity contribution is -0.121. The lowest BCUT2D eigenvalue weighted by atomic mass is 10.1. The number of aryl methyl sites for hydroxylation is 1. The van der Waals surface area contributed by atoms with Gasteiger partial charge in [0.05, 0.1) is 10.6 Å². The van der Waals surface area contributed by atoms with Gasteiger partial charge in [0.25, 0.3) is 5.91 Å². The molecule has 0 unspecified atom stereocenters. The van der Waals surface area contributed by atoms with Crippen LogP contribution in [0.1, 0.15) is 28.8 Å². The number of benzene rings is 2. The Labute approximate surface area is 144 Å². The first-order valence-electron chi connectivity index (χ1n) is 7.14. The van der Waals surface area contributed by atoms with Gasteiger partial charge in [0.1, 0.15) is 0 Å². The molecule has 0 aliphatic carbocycles. The maximum Gasteiger partial charge on any atom is 0.271 e. The van der Waals surface area contributed by atoms with Crippen LogP contribution in [0.3, 0.4) is 0 Å². The van der Waals surface area contributed by atoms with Gasteiger partial charge in [-0.1, -0.05) is 47.5 Å². The van der Waals surface area contributed by atoms with Crippen molar-refractivity contribution in [3.8, 4) is 0 Å². The minimum Gasteiger partial charge on any atom is -0.273 e. The van der Waals surface area contributed by atoms with Crippen molar-refractivity contribution in [2.75, 3.05) is 0 Å². The van der Waals surface area contributed by atoms with E-state index in [1.165, 1.54) is 0 Å². The monoisotopic (exact) mass is 350 g/mol. The van der Waals surface area contributed by atoms with Gasteiger partial charge in [-0.15, -0.1) is 0 Å². The number of carbonyl (C=O) groups is 2. The summed E-state index contributed by atoms with van der Waals surface area (Å²) in [6, 6.07) is 14.1. The van der Waals surface area contributed by atoms with Crippen LogP contribution in [0, 0.1) is 0 Å². The van der Waals surface area contributed by atoms with Crippen molar-refractivity contribution < 1.29 is 9.59 Å². The molecule has 0 aliphatic rings. The molecular weight excluding hydrogens is 335 g/mol. The van der Waals surface area contributed by atoms with Gasteiger partial charge in [-0.05, 0) is 42.7 Å². The van der Waals surface area contributed by atoms with E-state index in [1.54, 1.807) is 24.3 Å². The maximum absolute atomic E-state index is 11.9. The van der Waals surface area contributed by atoms with E-state index in [4.69, 9.17) is 23.2 Å². The molecule has 0 aromatic heterocycles. The lowest BCUT2D eigenvalue weighted by Gasteiger charge is -2.08. The summed E-state index contributed by atoms with van der Waals surface area (Å²) < 4.78 is 0. The summed E-state index contributed by atoms with van der Waals surface area (Å²) in [5.41, 5.74) is 6.17. The number of rotatable bonds is 5. The summed E-state index contributed by atoms with van der Waals surface area (Å²) in [4.78, 5) is 23.6. The second kappa shape index (κ2) is 8.56. The van der Waals surface area contributed by atoms with Gasteiger partial charge in [-0.25, -0.2) is 0 Å². The fourth-order valence-electron chi connectivity index (χ4n) is 2.01. The molecule has 120 valence electrons. The van der Waals surface area contributed by atoms with E-state index >= 15 is 0 Å². The Morgan fingerprint density at radius 1 is 0.913 bits per heavy atom. The van der Waals surface area contributed by atoms with Crippen molar-refractivity contribution in [2.24, 2.45) is 0 Å². The smallest absolute Gasteiger partial charge is 0.271 e. The summed E-state index contributed by atoms with van der Waals surface area (Å²) in [5.74, 6) is -0.694. The van der Waals surface area contributed by atoms with Crippen molar-refractivity contribution >= 4 is 35.0 Å². The van der Waals surface area contributed by atoms with Gasteiger partial charge < -0.3 is 0 Å². The van der Waals surface area contributed by atoms with Gasteiger partial charge in [-0.3, -0.25) is 20.4 Å². The molecule has 0 saturated heterocycles. The van der Waals surface area contributed by atoms with E-state index in [2.05, 4.69) is 10.9 Å². The van der Waals surface area contributed by atoms with Crippen LogP contribution in [-0.2, 0) is 11.2 Å². The Morgan fingerprint density at radius 2 is 1.61 bits per heavy atom. The van der Waals surface area contributed by atoms with Crippen molar-refractivity contribution in [1.29, 1.82) is 0 Å². The van der Waals surface area contributed by atoms with E-state index in [0.29, 0.717) is 28.5 Å². The molecule has 2 aromatic carbocycles. The van der Waals surface area contributed by atoms with Crippen molar-refractivity contribution in [3.63, 3.8) is 0 Å². The zero-order valence-electron chi connectivity index (χ0n) is 12.3. The molecule has 0 spiro atoms. The topological polar surface area (TPSA) is 58.2 Å². The minimum atomic E-state index is -0.443. The number of carbonyl (C=O) groups excluding carboxylic acids is 2. The molecule has 2 N–H and O–H groups in total. The third-order valence-corrected chi connectivity index (χ3v) is 3.80. The van der Waals surface area contributed by atoms with Crippen molar-refractivity contribution in [1.82, 2.24) is 10.9 Å². The molecule has 23 heavy (non-hydrogen) atoms. The van der Waals surface area contributed by atoms with Crippen LogP contribution in [0.4, 0.5) is 0 Å². The molecule has 2 amide bonds. The molecule has 0 radical (unpaired) electrons. The van der Waals surface area contributed by atoms with Gasteiger partial charge >= 0.3 is 0 Å². The lowest BCUT2D eigenvalue weighted by Crippen LogP contribution is -2.41. The van der Waals surface area contributed by atoms with Crippen LogP contribution < -0.4 is 10.9 Å². The molecule has 2 rings (SSSR count). The van der Waals surface area contributed by atoms with E-state index in [-0.39, 0.29) is 5.91 Å². The predicted molar refractivity (Wildman–Crippen MR) is 91.5 cm³/mol. The molecular formula is C17H16Cl2N2O2. The molecule has 0 heterocycles. The maximum atomic E-state index is 11.9. The molecule has 0 fully saturated rings. The van der Waals surface area contributed by atoms with Crippen LogP contribution in [-0.4, -0.2) is 11.8 Å². The molecule has 0 atom stereocenters. The largest absolute Gasteiger partial charge is 0.273 e. The first-order valence-corrected chi connectivity index (χ1v) is 7.90. The molecule has 4 nitrogen and oxygen atoms in total. The first-order chi connectivity index (χ1) is 11.1. The van der Waals surface area contributed by atoms with E-state index in [0.717, 1.165) is 12.0 Å². The Balaban J connectivity index is 1.72. The van der Waals surface area contributed by atoms with Crippen molar-refractivity contribution in [2.45, 2.75) is 19.3 Å². The fraction of sp³-hybridized carbons (Fsp3) is 0.176. The number of amides is 2. The van der Waals surface area contributed by atoms with Crippen LogP contribution >= 0.6 is 23.2 Å². The average molecular weight is 351 g/mol. The summed E-state index contributed by atoms with van der Waals surface area (Å²) in [5, 5.41) is 1.02. The second-order valence-corrected chi connectivity index (χ2v) is 5.81. The highest BCUT2D eigenvalue weighted by atomic mass is 35.5. The van der Waals surface area contributed by atoms with Gasteiger partial charge in [0.15, 0.2) is 0 Å². The SMILES string of the molecule is O=C(CCCc1ccc(Cl)cc1)NNC(=O)c1ccccc1Cl. The van der Waals surface area contributed by atoms with E-state index < -0.39 is 5.91 Å². The van der Waals surface area contributed by atoms with Crippen LogP contribution in [0.2, 0.25) is 10.0 Å². The second-order valence-electron chi connectivity index (χ2n) is 4.96. The summed E-state index contributed by atoms with van der Waals surface area (Å²) >= 11 is 11.7. The van der Waals surface area contributed by atoms with Gasteiger partial charge in [-0.2, -0.15) is 0 Å². The van der Waals surface area contributed by atoms with Crippen molar-refractivity contribution in [3.05, 3.63) is 69.7 Å². The minimum absolute atomic E-state index is 0.251. The standard InChI is InChI=1S/C17H16Cl2N2O2/c18-13-10-8-12(9-11-13)4-3-7-16(22)20-21-17(23)14-5-1-2-6-15(14)19/h1-2,5-6,8-11H,3-4,7H2,(H,20,22)(H,21,23). The fourth-order valence-corrected chi connectivity index (χ4v) is 2.35. The summed E-state index contributed by atoms with van der Waals surface area (Å²) in [6.45, 7) is 0. The van der Waals surface area contributed by atoms with Gasteiger partial charge in [0, 0.05) is 11.4 Å². The first kappa shape index (κ1) is 17.3. The van der Waals surface area contributed by atoms with E-state index in [1.807, 2.05) is 24.3 Å². The third kappa shape index (κ3) is 5.58. The normalized spacial score (nSPS) is 10.2. The van der Waals surface area contributed by atoms with Crippen LogP contribution in [0.5, 0.6) is 0 Å². The Morgan fingerprint density at radius 3 is 2.30 bits per heavy atom. The van der Waals surface area contributed by atoms with Crippen LogP contribution in [0.15, 0.2) is 48.5 Å². The molecule has 0 saturated carbocycles. The summed E-state index contributed by atoms with van der Waals surface area (Å²) in [6.07, 6.45) is 1.75. The highest BCUT2D eigenvalue weighted by molar-refractivity contribution is 6.33. The zero-order valence-corrected chi connectivity index (χ0v) is 13.8. The summed E-state index contributed by atoms with van der Waals surface area (Å²) in [7, 11) is 0. The van der Waals surface area contributed by atoms with Crippen LogP contribution in [0.25, 0.3) is 0 Å². The number of halogens is 2. The van der Waals surface area contributed by atoms with E-state index in [9.17, 15) is 9.59 Å². The van der Waals surface area contributed by atoms with Gasteiger partial charge in [0.2, 0.25) is 5.91 Å². The third-order valence-electron chi connectivity index (χ3n) is 3.22. The molecule has 2 aromatic rings. The Bertz CT molecular complexity index is 687. The molecule has 6 heteroatoms. The number of hydrogen-bond donors (Lipinski definition) is 2. The Kier molecular flexibility index (Phi) is 6.44. The highest BCUT2D eigenvalue weighted by Crippen LogP contribution is 2.14. The average Bonchev–Trinajstić information content (AvgIpc) is 2.55. The Hall–Kier alpha value is -2.04. The number of hydrogen-bond acceptors (Lipinski definition) is 2. The molecule has 0 aliphatic heterocycles. The zero-order chi connectivity index (χ0) is 16.7. The molecule has 0 bridgehead atoms. The number of nitrogens with one attached hydrogen (secondary N) is 2. The number of hydrazine groups is 1. The quantitative estimate of drug-likeness (QED) is 0.806. The highest BCUT2D eigenvalue weighted by Gasteiger charge is 2.10. The predicted octanol–water partition coefficient (Wildman–Crippen LogP) is 3.78.